The summed E-state index contributed by atoms with van der Waals surface area (Å²) in [7, 11) is 1.08. The summed E-state index contributed by atoms with van der Waals surface area (Å²) in [6.45, 7) is 2.48. The number of amides is 1. The average molecular weight is 230 g/mol. The van der Waals surface area contributed by atoms with Gasteiger partial charge in [-0.2, -0.15) is 0 Å². The highest BCUT2D eigenvalue weighted by Crippen LogP contribution is 2.38. The number of methoxy groups -OCH3 is 1. The Morgan fingerprint density at radius 3 is 3.20 bits per heavy atom. The van der Waals surface area contributed by atoms with Crippen LogP contribution in [0.15, 0.2) is 10.6 Å². The van der Waals surface area contributed by atoms with Gasteiger partial charge in [-0.1, -0.05) is 10.5 Å². The van der Waals surface area contributed by atoms with E-state index in [1.807, 2.05) is 10.4 Å². The van der Waals surface area contributed by atoms with Gasteiger partial charge in [0.1, 0.15) is 0 Å². The SMILES string of the molecule is COCCN1C=S(C(N)=O)C2=C1COC2. The standard InChI is InChI=1S/C9H14N2O3S/c1-13-3-2-11-6-15(9(10)12)8-5-14-4-7(8)11/h6H,2-5H2,1H3,(H2,10,12). The van der Waals surface area contributed by atoms with Crippen LogP contribution in [0.5, 0.6) is 0 Å². The summed E-state index contributed by atoms with van der Waals surface area (Å²) in [6.07, 6.45) is 0. The van der Waals surface area contributed by atoms with Gasteiger partial charge in [-0.25, -0.2) is 0 Å². The zero-order chi connectivity index (χ0) is 10.8. The number of rotatable bonds is 3. The molecule has 0 aliphatic carbocycles. The van der Waals surface area contributed by atoms with E-state index in [1.54, 1.807) is 7.11 Å². The second kappa shape index (κ2) is 4.34. The summed E-state index contributed by atoms with van der Waals surface area (Å²) < 4.78 is 10.3. The van der Waals surface area contributed by atoms with Crippen LogP contribution in [-0.2, 0) is 9.47 Å². The first kappa shape index (κ1) is 10.7. The highest BCUT2D eigenvalue weighted by molar-refractivity contribution is 8.30. The number of nitrogens with zero attached hydrogens (tertiary/aromatic N) is 1. The van der Waals surface area contributed by atoms with Crippen molar-refractivity contribution < 1.29 is 14.3 Å². The van der Waals surface area contributed by atoms with E-state index in [0.717, 1.165) is 17.1 Å². The number of primary amides is 1. The van der Waals surface area contributed by atoms with Crippen molar-refractivity contribution in [1.29, 1.82) is 0 Å². The van der Waals surface area contributed by atoms with Crippen LogP contribution in [0, 0.1) is 0 Å². The van der Waals surface area contributed by atoms with Crippen LogP contribution >= 0.6 is 10.5 Å². The van der Waals surface area contributed by atoms with Gasteiger partial charge in [0.2, 0.25) is 0 Å². The number of carbonyl (C=O) groups is 1. The monoisotopic (exact) mass is 230 g/mol. The molecular weight excluding hydrogens is 216 g/mol. The molecule has 0 aromatic heterocycles. The van der Waals surface area contributed by atoms with Gasteiger partial charge in [0, 0.05) is 24.1 Å². The quantitative estimate of drug-likeness (QED) is 0.708. The first-order valence-corrected chi connectivity index (χ1v) is 5.95. The molecule has 0 aromatic carbocycles. The lowest BCUT2D eigenvalue weighted by atomic mass is 10.4. The molecule has 84 valence electrons. The van der Waals surface area contributed by atoms with Gasteiger partial charge in [-0.3, -0.25) is 4.79 Å². The summed E-state index contributed by atoms with van der Waals surface area (Å²) in [4.78, 5) is 14.3. The fourth-order valence-electron chi connectivity index (χ4n) is 1.64. The molecule has 2 N–H and O–H groups in total. The Hall–Kier alpha value is -0.850. The zero-order valence-electron chi connectivity index (χ0n) is 8.56. The Labute approximate surface area is 90.7 Å². The molecule has 1 atom stereocenters. The van der Waals surface area contributed by atoms with Crippen molar-refractivity contribution in [3.63, 3.8) is 0 Å². The first-order valence-electron chi connectivity index (χ1n) is 4.67. The predicted octanol–water partition coefficient (Wildman–Crippen LogP) is 0.298. The molecule has 1 amide bonds. The Morgan fingerprint density at radius 2 is 2.53 bits per heavy atom. The molecule has 2 aliphatic rings. The molecule has 1 unspecified atom stereocenters. The summed E-state index contributed by atoms with van der Waals surface area (Å²) in [5.41, 5.74) is 8.33. The van der Waals surface area contributed by atoms with Crippen molar-refractivity contribution in [3.05, 3.63) is 10.6 Å². The normalized spacial score (nSPS) is 24.3. The van der Waals surface area contributed by atoms with E-state index < -0.39 is 10.5 Å². The van der Waals surface area contributed by atoms with Crippen molar-refractivity contribution in [2.75, 3.05) is 33.5 Å². The van der Waals surface area contributed by atoms with E-state index in [0.29, 0.717) is 19.8 Å². The maximum atomic E-state index is 11.2. The van der Waals surface area contributed by atoms with Crippen molar-refractivity contribution in [3.8, 4) is 0 Å². The highest BCUT2D eigenvalue weighted by atomic mass is 32.2. The fourth-order valence-corrected chi connectivity index (χ4v) is 3.24. The molecule has 5 nitrogen and oxygen atoms in total. The molecule has 2 aliphatic heterocycles. The smallest absolute Gasteiger partial charge is 0.276 e. The maximum Gasteiger partial charge on any atom is 0.276 e. The Kier molecular flexibility index (Phi) is 3.08. The predicted molar refractivity (Wildman–Crippen MR) is 59.7 cm³/mol. The largest absolute Gasteiger partial charge is 0.383 e. The summed E-state index contributed by atoms with van der Waals surface area (Å²) in [5, 5.41) is -0.284. The van der Waals surface area contributed by atoms with Gasteiger partial charge >= 0.3 is 0 Å². The van der Waals surface area contributed by atoms with Gasteiger partial charge in [0.25, 0.3) is 5.24 Å². The zero-order valence-corrected chi connectivity index (χ0v) is 9.38. The third kappa shape index (κ3) is 1.92. The number of carbonyl (C=O) groups excluding carboxylic acids is 1. The molecule has 0 saturated carbocycles. The lowest BCUT2D eigenvalue weighted by Crippen LogP contribution is -2.24. The fraction of sp³-hybridized carbons (Fsp3) is 0.556. The lowest BCUT2D eigenvalue weighted by Gasteiger charge is -2.17. The third-order valence-electron chi connectivity index (χ3n) is 2.39. The van der Waals surface area contributed by atoms with Gasteiger partial charge in [-0.05, 0) is 0 Å². The molecule has 15 heavy (non-hydrogen) atoms. The molecule has 2 heterocycles. The molecule has 0 fully saturated rings. The van der Waals surface area contributed by atoms with Crippen LogP contribution < -0.4 is 5.73 Å². The molecule has 0 bridgehead atoms. The molecule has 0 spiro atoms. The number of nitrogens with two attached hydrogens (primary N) is 1. The van der Waals surface area contributed by atoms with Gasteiger partial charge < -0.3 is 20.1 Å². The van der Waals surface area contributed by atoms with Crippen LogP contribution in [0.25, 0.3) is 0 Å². The van der Waals surface area contributed by atoms with Crippen LogP contribution in [0.3, 0.4) is 0 Å². The lowest BCUT2D eigenvalue weighted by molar-refractivity contribution is 0.172. The van der Waals surface area contributed by atoms with E-state index in [4.69, 9.17) is 15.2 Å². The van der Waals surface area contributed by atoms with Crippen molar-refractivity contribution in [1.82, 2.24) is 4.90 Å². The molecular formula is C9H14N2O3S. The Balaban J connectivity index is 2.17. The summed E-state index contributed by atoms with van der Waals surface area (Å²) in [6, 6.07) is 0. The minimum atomic E-state index is -0.579. The molecule has 0 aromatic rings. The minimum absolute atomic E-state index is 0.284. The second-order valence-electron chi connectivity index (χ2n) is 3.31. The van der Waals surface area contributed by atoms with Gasteiger partial charge in [0.05, 0.1) is 25.5 Å². The van der Waals surface area contributed by atoms with Gasteiger partial charge in [-0.15, -0.1) is 0 Å². The average Bonchev–Trinajstić information content (AvgIpc) is 2.75. The number of hydrogen-bond donors (Lipinski definition) is 1. The number of ether oxygens (including phenoxy) is 2. The van der Waals surface area contributed by atoms with E-state index in [2.05, 4.69) is 0 Å². The van der Waals surface area contributed by atoms with Crippen molar-refractivity contribution in [2.24, 2.45) is 5.73 Å². The van der Waals surface area contributed by atoms with Crippen molar-refractivity contribution >= 4 is 21.2 Å². The second-order valence-corrected chi connectivity index (χ2v) is 5.09. The maximum absolute atomic E-state index is 11.2. The topological polar surface area (TPSA) is 64.8 Å². The van der Waals surface area contributed by atoms with Crippen LogP contribution in [0.1, 0.15) is 0 Å². The molecule has 2 rings (SSSR count). The summed E-state index contributed by atoms with van der Waals surface area (Å²) in [5.74, 6) is 0. The molecule has 0 radical (unpaired) electrons. The molecule has 0 saturated heterocycles. The first-order chi connectivity index (χ1) is 7.24. The Morgan fingerprint density at radius 1 is 1.73 bits per heavy atom. The van der Waals surface area contributed by atoms with E-state index in [9.17, 15) is 4.79 Å². The van der Waals surface area contributed by atoms with E-state index in [-0.39, 0.29) is 5.24 Å². The van der Waals surface area contributed by atoms with Crippen molar-refractivity contribution in [2.45, 2.75) is 0 Å². The van der Waals surface area contributed by atoms with Gasteiger partial charge in [0.15, 0.2) is 0 Å². The highest BCUT2D eigenvalue weighted by Gasteiger charge is 2.30. The van der Waals surface area contributed by atoms with Crippen LogP contribution in [-0.4, -0.2) is 49.1 Å². The van der Waals surface area contributed by atoms with E-state index >= 15 is 0 Å². The van der Waals surface area contributed by atoms with Crippen LogP contribution in [0.2, 0.25) is 0 Å². The Bertz CT molecular complexity index is 351. The van der Waals surface area contributed by atoms with E-state index in [1.165, 1.54) is 0 Å². The summed E-state index contributed by atoms with van der Waals surface area (Å²) >= 11 is 0. The van der Waals surface area contributed by atoms with Crippen LogP contribution in [0.4, 0.5) is 4.79 Å². The number of hydrogen-bond acceptors (Lipinski definition) is 4. The minimum Gasteiger partial charge on any atom is -0.383 e. The third-order valence-corrected chi connectivity index (χ3v) is 4.17. The molecule has 6 heteroatoms.